The summed E-state index contributed by atoms with van der Waals surface area (Å²) in [6, 6.07) is 13.7. The van der Waals surface area contributed by atoms with Crippen molar-refractivity contribution in [1.82, 2.24) is 20.1 Å². The molecular weight excluding hydrogens is 376 g/mol. The highest BCUT2D eigenvalue weighted by Crippen LogP contribution is 2.27. The summed E-state index contributed by atoms with van der Waals surface area (Å²) in [5.74, 6) is 1.48. The SMILES string of the molecule is CCc1oc2ccccc2c1/C=C/C(=O)NCc1ccc(-n2nc(C)cc2C)nc1. The van der Waals surface area contributed by atoms with Crippen LogP contribution >= 0.6 is 0 Å². The number of rotatable bonds is 6. The second kappa shape index (κ2) is 8.37. The Kier molecular flexibility index (Phi) is 5.48. The summed E-state index contributed by atoms with van der Waals surface area (Å²) in [6.45, 7) is 6.39. The van der Waals surface area contributed by atoms with E-state index in [9.17, 15) is 4.79 Å². The Balaban J connectivity index is 1.41. The van der Waals surface area contributed by atoms with Crippen molar-refractivity contribution < 1.29 is 9.21 Å². The lowest BCUT2D eigenvalue weighted by molar-refractivity contribution is -0.116. The molecule has 0 saturated heterocycles. The maximum Gasteiger partial charge on any atom is 0.244 e. The first-order valence-corrected chi connectivity index (χ1v) is 10.00. The van der Waals surface area contributed by atoms with Crippen molar-refractivity contribution in [2.45, 2.75) is 33.7 Å². The summed E-state index contributed by atoms with van der Waals surface area (Å²) in [7, 11) is 0. The number of nitrogens with zero attached hydrogens (tertiary/aromatic N) is 3. The van der Waals surface area contributed by atoms with E-state index in [0.29, 0.717) is 6.54 Å². The van der Waals surface area contributed by atoms with Crippen LogP contribution < -0.4 is 5.32 Å². The predicted molar refractivity (Wildman–Crippen MR) is 117 cm³/mol. The van der Waals surface area contributed by atoms with E-state index in [2.05, 4.69) is 15.4 Å². The van der Waals surface area contributed by atoms with Crippen LogP contribution in [0.5, 0.6) is 0 Å². The minimum Gasteiger partial charge on any atom is -0.460 e. The van der Waals surface area contributed by atoms with Crippen LogP contribution in [0.15, 0.2) is 59.2 Å². The Morgan fingerprint density at radius 2 is 2.03 bits per heavy atom. The molecule has 3 aromatic heterocycles. The Morgan fingerprint density at radius 1 is 1.20 bits per heavy atom. The molecule has 0 radical (unpaired) electrons. The second-order valence-electron chi connectivity index (χ2n) is 7.20. The average molecular weight is 400 g/mol. The zero-order chi connectivity index (χ0) is 21.1. The topological polar surface area (TPSA) is 73.0 Å². The summed E-state index contributed by atoms with van der Waals surface area (Å²) in [5.41, 5.74) is 4.70. The monoisotopic (exact) mass is 400 g/mol. The summed E-state index contributed by atoms with van der Waals surface area (Å²) in [6.07, 6.45) is 5.90. The Morgan fingerprint density at radius 3 is 2.73 bits per heavy atom. The maximum absolute atomic E-state index is 12.3. The van der Waals surface area contributed by atoms with E-state index in [1.54, 1.807) is 17.0 Å². The standard InChI is InChI=1S/C24H24N4O2/c1-4-21-20(19-7-5-6-8-22(19)30-21)10-12-24(29)26-15-18-9-11-23(25-14-18)28-17(3)13-16(2)27-28/h5-14H,4,15H2,1-3H3,(H,26,29)/b12-10+. The molecule has 6 heteroatoms. The van der Waals surface area contributed by atoms with Crippen LogP contribution in [0.1, 0.15) is 35.2 Å². The lowest BCUT2D eigenvalue weighted by Crippen LogP contribution is -2.20. The molecule has 6 nitrogen and oxygen atoms in total. The van der Waals surface area contributed by atoms with Gasteiger partial charge in [0.1, 0.15) is 11.3 Å². The van der Waals surface area contributed by atoms with Crippen LogP contribution in [0.2, 0.25) is 0 Å². The molecule has 0 fully saturated rings. The molecule has 1 aromatic carbocycles. The molecule has 4 rings (SSSR count). The third-order valence-corrected chi connectivity index (χ3v) is 4.94. The largest absolute Gasteiger partial charge is 0.460 e. The van der Waals surface area contributed by atoms with E-state index in [0.717, 1.165) is 51.5 Å². The predicted octanol–water partition coefficient (Wildman–Crippen LogP) is 4.52. The number of pyridine rings is 1. The Bertz CT molecular complexity index is 1220. The van der Waals surface area contributed by atoms with Crippen molar-refractivity contribution in [3.63, 3.8) is 0 Å². The van der Waals surface area contributed by atoms with Gasteiger partial charge in [-0.2, -0.15) is 5.10 Å². The molecule has 1 N–H and O–H groups in total. The third-order valence-electron chi connectivity index (χ3n) is 4.94. The molecule has 152 valence electrons. The molecule has 1 amide bonds. The number of carbonyl (C=O) groups excluding carboxylic acids is 1. The van der Waals surface area contributed by atoms with Crippen molar-refractivity contribution in [3.8, 4) is 5.82 Å². The highest BCUT2D eigenvalue weighted by Gasteiger charge is 2.10. The minimum absolute atomic E-state index is 0.162. The normalized spacial score (nSPS) is 11.4. The fourth-order valence-corrected chi connectivity index (χ4v) is 3.48. The van der Waals surface area contributed by atoms with Crippen molar-refractivity contribution in [2.75, 3.05) is 0 Å². The highest BCUT2D eigenvalue weighted by atomic mass is 16.3. The van der Waals surface area contributed by atoms with Gasteiger partial charge in [0, 0.05) is 41.9 Å². The zero-order valence-corrected chi connectivity index (χ0v) is 17.3. The van der Waals surface area contributed by atoms with Crippen LogP contribution in [0.25, 0.3) is 22.9 Å². The first-order chi connectivity index (χ1) is 14.5. The van der Waals surface area contributed by atoms with Gasteiger partial charge < -0.3 is 9.73 Å². The van der Waals surface area contributed by atoms with Gasteiger partial charge >= 0.3 is 0 Å². The number of carbonyl (C=O) groups is 1. The van der Waals surface area contributed by atoms with Gasteiger partial charge in [-0.1, -0.05) is 31.2 Å². The maximum atomic E-state index is 12.3. The Labute approximate surface area is 175 Å². The number of hydrogen-bond acceptors (Lipinski definition) is 4. The molecule has 0 unspecified atom stereocenters. The van der Waals surface area contributed by atoms with E-state index in [-0.39, 0.29) is 5.91 Å². The van der Waals surface area contributed by atoms with E-state index in [4.69, 9.17) is 4.42 Å². The van der Waals surface area contributed by atoms with Crippen molar-refractivity contribution in [2.24, 2.45) is 0 Å². The summed E-state index contributed by atoms with van der Waals surface area (Å²) in [5, 5.41) is 8.36. The number of nitrogens with one attached hydrogen (secondary N) is 1. The lowest BCUT2D eigenvalue weighted by Gasteiger charge is -2.06. The fraction of sp³-hybridized carbons (Fsp3) is 0.208. The van der Waals surface area contributed by atoms with Gasteiger partial charge in [-0.05, 0) is 43.7 Å². The van der Waals surface area contributed by atoms with Gasteiger partial charge in [0.2, 0.25) is 5.91 Å². The third kappa shape index (κ3) is 4.03. The number of benzene rings is 1. The molecular formula is C24H24N4O2. The van der Waals surface area contributed by atoms with E-state index >= 15 is 0 Å². The van der Waals surface area contributed by atoms with Crippen molar-refractivity contribution in [1.29, 1.82) is 0 Å². The number of para-hydroxylation sites is 1. The minimum atomic E-state index is -0.162. The molecule has 30 heavy (non-hydrogen) atoms. The molecule has 0 aliphatic heterocycles. The fourth-order valence-electron chi connectivity index (χ4n) is 3.48. The first kappa shape index (κ1) is 19.6. The summed E-state index contributed by atoms with van der Waals surface area (Å²) >= 11 is 0. The molecule has 0 bridgehead atoms. The van der Waals surface area contributed by atoms with Gasteiger partial charge in [0.25, 0.3) is 0 Å². The van der Waals surface area contributed by atoms with Gasteiger partial charge in [-0.3, -0.25) is 4.79 Å². The van der Waals surface area contributed by atoms with Crippen LogP contribution in [0.4, 0.5) is 0 Å². The van der Waals surface area contributed by atoms with Gasteiger partial charge in [-0.25, -0.2) is 9.67 Å². The number of amides is 1. The van der Waals surface area contributed by atoms with Gasteiger partial charge in [0.05, 0.1) is 5.69 Å². The van der Waals surface area contributed by atoms with Crippen molar-refractivity contribution >= 4 is 23.0 Å². The molecule has 0 aliphatic rings. The number of fused-ring (bicyclic) bond motifs is 1. The quantitative estimate of drug-likeness (QED) is 0.483. The number of hydrogen-bond donors (Lipinski definition) is 1. The number of aryl methyl sites for hydroxylation is 3. The van der Waals surface area contributed by atoms with Gasteiger partial charge in [0.15, 0.2) is 5.82 Å². The Hall–Kier alpha value is -3.67. The molecule has 3 heterocycles. The first-order valence-electron chi connectivity index (χ1n) is 10.00. The van der Waals surface area contributed by atoms with Gasteiger partial charge in [-0.15, -0.1) is 0 Å². The lowest BCUT2D eigenvalue weighted by atomic mass is 10.1. The molecule has 0 spiro atoms. The van der Waals surface area contributed by atoms with Crippen molar-refractivity contribution in [3.05, 3.63) is 83.0 Å². The zero-order valence-electron chi connectivity index (χ0n) is 17.3. The summed E-state index contributed by atoms with van der Waals surface area (Å²) in [4.78, 5) is 16.8. The van der Waals surface area contributed by atoms with Crippen LogP contribution in [0, 0.1) is 13.8 Å². The second-order valence-corrected chi connectivity index (χ2v) is 7.20. The van der Waals surface area contributed by atoms with E-state index in [1.807, 2.05) is 69.3 Å². The number of furan rings is 1. The van der Waals surface area contributed by atoms with E-state index < -0.39 is 0 Å². The average Bonchev–Trinajstić information content (AvgIpc) is 3.29. The molecule has 0 atom stereocenters. The number of aromatic nitrogens is 3. The molecule has 0 saturated carbocycles. The smallest absolute Gasteiger partial charge is 0.244 e. The molecule has 0 aliphatic carbocycles. The van der Waals surface area contributed by atoms with E-state index in [1.165, 1.54) is 0 Å². The molecule has 4 aromatic rings. The van der Waals surface area contributed by atoms with Crippen LogP contribution in [-0.4, -0.2) is 20.7 Å². The van der Waals surface area contributed by atoms with Crippen LogP contribution in [0.3, 0.4) is 0 Å². The summed E-state index contributed by atoms with van der Waals surface area (Å²) < 4.78 is 7.68. The van der Waals surface area contributed by atoms with Crippen LogP contribution in [-0.2, 0) is 17.8 Å². The highest BCUT2D eigenvalue weighted by molar-refractivity contribution is 5.96.